The largest absolute Gasteiger partial charge is 0.330 e. The van der Waals surface area contributed by atoms with Crippen LogP contribution < -0.4 is 5.73 Å². The quantitative estimate of drug-likeness (QED) is 0.793. The van der Waals surface area contributed by atoms with E-state index < -0.39 is 0 Å². The molecule has 1 aromatic heterocycles. The summed E-state index contributed by atoms with van der Waals surface area (Å²) >= 11 is 0. The lowest BCUT2D eigenvalue weighted by atomic mass is 9.62. The van der Waals surface area contributed by atoms with Crippen molar-refractivity contribution in [3.05, 3.63) is 29.6 Å². The molecule has 0 saturated heterocycles. The number of aryl methyl sites for hydroxylation is 1. The number of hydrogen-bond donors (Lipinski definition) is 1. The van der Waals surface area contributed by atoms with Gasteiger partial charge in [0.05, 0.1) is 0 Å². The first-order valence-corrected chi connectivity index (χ1v) is 5.40. The predicted molar refractivity (Wildman–Crippen MR) is 58.2 cm³/mol. The summed E-state index contributed by atoms with van der Waals surface area (Å²) < 4.78 is 0. The Labute approximate surface area is 85.5 Å². The molecular formula is C12H18N2. The van der Waals surface area contributed by atoms with Crippen molar-refractivity contribution in [1.82, 2.24) is 4.98 Å². The molecule has 1 saturated carbocycles. The molecule has 1 aliphatic carbocycles. The molecule has 76 valence electrons. The first-order chi connectivity index (χ1) is 6.78. The van der Waals surface area contributed by atoms with Gasteiger partial charge in [0, 0.05) is 12.4 Å². The maximum atomic E-state index is 5.69. The first-order valence-electron chi connectivity index (χ1n) is 5.40. The van der Waals surface area contributed by atoms with E-state index in [1.54, 1.807) is 0 Å². The highest BCUT2D eigenvalue weighted by Crippen LogP contribution is 2.46. The fourth-order valence-corrected chi connectivity index (χ4v) is 2.55. The van der Waals surface area contributed by atoms with Crippen molar-refractivity contribution in [3.8, 4) is 0 Å². The fourth-order valence-electron chi connectivity index (χ4n) is 2.55. The molecule has 1 fully saturated rings. The third-order valence-electron chi connectivity index (χ3n) is 3.54. The summed E-state index contributed by atoms with van der Waals surface area (Å²) in [4.78, 5) is 4.23. The summed E-state index contributed by atoms with van der Waals surface area (Å²) in [7, 11) is 0. The van der Waals surface area contributed by atoms with Crippen LogP contribution in [0.15, 0.2) is 18.5 Å². The van der Waals surface area contributed by atoms with Crippen LogP contribution in [0.4, 0.5) is 0 Å². The molecule has 2 heteroatoms. The zero-order chi connectivity index (χ0) is 10.0. The van der Waals surface area contributed by atoms with Crippen LogP contribution in [0.2, 0.25) is 0 Å². The zero-order valence-corrected chi connectivity index (χ0v) is 8.79. The number of rotatable bonds is 3. The predicted octanol–water partition coefficient (Wildman–Crippen LogP) is 2.16. The molecule has 2 N–H and O–H groups in total. The average molecular weight is 190 g/mol. The van der Waals surface area contributed by atoms with Crippen molar-refractivity contribution in [2.45, 2.75) is 38.0 Å². The van der Waals surface area contributed by atoms with E-state index in [0.29, 0.717) is 5.41 Å². The van der Waals surface area contributed by atoms with Crippen LogP contribution >= 0.6 is 0 Å². The van der Waals surface area contributed by atoms with Crippen molar-refractivity contribution in [1.29, 1.82) is 0 Å². The number of nitrogens with two attached hydrogens (primary N) is 1. The van der Waals surface area contributed by atoms with Gasteiger partial charge in [-0.25, -0.2) is 0 Å². The molecule has 0 unspecified atom stereocenters. The Morgan fingerprint density at radius 1 is 1.50 bits per heavy atom. The highest BCUT2D eigenvalue weighted by molar-refractivity contribution is 5.32. The van der Waals surface area contributed by atoms with E-state index in [9.17, 15) is 0 Å². The van der Waals surface area contributed by atoms with Gasteiger partial charge in [0.15, 0.2) is 0 Å². The lowest BCUT2D eigenvalue weighted by Crippen LogP contribution is -2.37. The fraction of sp³-hybridized carbons (Fsp3) is 0.583. The second-order valence-electron chi connectivity index (χ2n) is 4.36. The van der Waals surface area contributed by atoms with Gasteiger partial charge in [-0.3, -0.25) is 4.98 Å². The molecule has 0 bridgehead atoms. The number of hydrogen-bond acceptors (Lipinski definition) is 2. The average Bonchev–Trinajstić information content (AvgIpc) is 2.13. The minimum Gasteiger partial charge on any atom is -0.330 e. The molecule has 0 aliphatic heterocycles. The van der Waals surface area contributed by atoms with E-state index in [2.05, 4.69) is 18.0 Å². The summed E-state index contributed by atoms with van der Waals surface area (Å²) in [6.07, 6.45) is 8.93. The Bertz CT molecular complexity index is 316. The van der Waals surface area contributed by atoms with Gasteiger partial charge in [-0.05, 0) is 55.3 Å². The Balaban J connectivity index is 2.32. The van der Waals surface area contributed by atoms with E-state index in [1.165, 1.54) is 30.4 Å². The molecule has 0 aromatic carbocycles. The molecule has 14 heavy (non-hydrogen) atoms. The van der Waals surface area contributed by atoms with Crippen LogP contribution in [-0.4, -0.2) is 11.5 Å². The van der Waals surface area contributed by atoms with Gasteiger partial charge in [0.25, 0.3) is 0 Å². The third kappa shape index (κ3) is 1.44. The summed E-state index contributed by atoms with van der Waals surface area (Å²) in [5.74, 6) is 0. The lowest BCUT2D eigenvalue weighted by molar-refractivity contribution is 0.228. The molecule has 1 aliphatic rings. The van der Waals surface area contributed by atoms with E-state index >= 15 is 0 Å². The smallest absolute Gasteiger partial charge is 0.0308 e. The SMILES string of the molecule is Cc1ccncc1C1(CCN)CCC1. The maximum Gasteiger partial charge on any atom is 0.0308 e. The van der Waals surface area contributed by atoms with Gasteiger partial charge in [0.1, 0.15) is 0 Å². The van der Waals surface area contributed by atoms with Crippen molar-refractivity contribution >= 4 is 0 Å². The third-order valence-corrected chi connectivity index (χ3v) is 3.54. The van der Waals surface area contributed by atoms with Gasteiger partial charge in [0.2, 0.25) is 0 Å². The first kappa shape index (κ1) is 9.66. The number of pyridine rings is 1. The van der Waals surface area contributed by atoms with Gasteiger partial charge < -0.3 is 5.73 Å². The van der Waals surface area contributed by atoms with Crippen molar-refractivity contribution in [3.63, 3.8) is 0 Å². The molecule has 0 atom stereocenters. The molecule has 1 aromatic rings. The van der Waals surface area contributed by atoms with Gasteiger partial charge >= 0.3 is 0 Å². The lowest BCUT2D eigenvalue weighted by Gasteiger charge is -2.43. The Morgan fingerprint density at radius 2 is 2.29 bits per heavy atom. The van der Waals surface area contributed by atoms with Crippen molar-refractivity contribution in [2.24, 2.45) is 5.73 Å². The van der Waals surface area contributed by atoms with Crippen LogP contribution in [0, 0.1) is 6.92 Å². The summed E-state index contributed by atoms with van der Waals surface area (Å²) in [6, 6.07) is 2.10. The van der Waals surface area contributed by atoms with Crippen LogP contribution in [-0.2, 0) is 5.41 Å². The molecule has 0 radical (unpaired) electrons. The summed E-state index contributed by atoms with van der Waals surface area (Å²) in [5, 5.41) is 0. The maximum absolute atomic E-state index is 5.69. The van der Waals surface area contributed by atoms with Crippen molar-refractivity contribution in [2.75, 3.05) is 6.54 Å². The Kier molecular flexibility index (Phi) is 2.55. The second-order valence-corrected chi connectivity index (χ2v) is 4.36. The molecule has 2 nitrogen and oxygen atoms in total. The Hall–Kier alpha value is -0.890. The molecule has 1 heterocycles. The Morgan fingerprint density at radius 3 is 2.79 bits per heavy atom. The normalized spacial score (nSPS) is 19.0. The highest BCUT2D eigenvalue weighted by atomic mass is 14.6. The van der Waals surface area contributed by atoms with E-state index in [-0.39, 0.29) is 0 Å². The van der Waals surface area contributed by atoms with Crippen molar-refractivity contribution < 1.29 is 0 Å². The van der Waals surface area contributed by atoms with Crippen LogP contribution in [0.3, 0.4) is 0 Å². The van der Waals surface area contributed by atoms with Gasteiger partial charge in [-0.2, -0.15) is 0 Å². The molecule has 0 spiro atoms. The zero-order valence-electron chi connectivity index (χ0n) is 8.79. The monoisotopic (exact) mass is 190 g/mol. The van der Waals surface area contributed by atoms with Crippen LogP contribution in [0.25, 0.3) is 0 Å². The minimum atomic E-state index is 0.368. The summed E-state index contributed by atoms with van der Waals surface area (Å²) in [6.45, 7) is 2.96. The van der Waals surface area contributed by atoms with Crippen LogP contribution in [0.5, 0.6) is 0 Å². The molecular weight excluding hydrogens is 172 g/mol. The highest BCUT2D eigenvalue weighted by Gasteiger charge is 2.38. The standard InChI is InChI=1S/C12H18N2/c1-10-3-8-14-9-11(10)12(6-7-13)4-2-5-12/h3,8-9H,2,4-7,13H2,1H3. The van der Waals surface area contributed by atoms with E-state index in [1.807, 2.05) is 12.4 Å². The number of aromatic nitrogens is 1. The topological polar surface area (TPSA) is 38.9 Å². The van der Waals surface area contributed by atoms with Gasteiger partial charge in [-0.1, -0.05) is 6.42 Å². The van der Waals surface area contributed by atoms with Crippen LogP contribution in [0.1, 0.15) is 36.8 Å². The van der Waals surface area contributed by atoms with Gasteiger partial charge in [-0.15, -0.1) is 0 Å². The van der Waals surface area contributed by atoms with E-state index in [0.717, 1.165) is 13.0 Å². The van der Waals surface area contributed by atoms with E-state index in [4.69, 9.17) is 5.73 Å². The minimum absolute atomic E-state index is 0.368. The second kappa shape index (κ2) is 3.70. The summed E-state index contributed by atoms with van der Waals surface area (Å²) in [5.41, 5.74) is 8.86. The molecule has 2 rings (SSSR count). The molecule has 0 amide bonds. The number of nitrogens with zero attached hydrogens (tertiary/aromatic N) is 1.